The van der Waals surface area contributed by atoms with Gasteiger partial charge in [0.05, 0.1) is 30.7 Å². The lowest BCUT2D eigenvalue weighted by Crippen LogP contribution is -2.30. The largest absolute Gasteiger partial charge is 0.346 e. The molecular formula is C19H24N6S. The molecule has 26 heavy (non-hydrogen) atoms. The first-order chi connectivity index (χ1) is 12.5. The number of aromatic nitrogens is 4. The first-order valence-electron chi connectivity index (χ1n) is 8.66. The molecule has 0 aliphatic heterocycles. The first-order valence-corrected chi connectivity index (χ1v) is 9.07. The average Bonchev–Trinajstić information content (AvgIpc) is 3.26. The van der Waals surface area contributed by atoms with Crippen molar-refractivity contribution < 1.29 is 0 Å². The number of nitrogens with zero attached hydrogens (tertiary/aromatic N) is 5. The van der Waals surface area contributed by atoms with E-state index in [2.05, 4.69) is 53.6 Å². The van der Waals surface area contributed by atoms with E-state index in [0.717, 1.165) is 24.5 Å². The molecule has 3 aromatic rings. The molecular weight excluding hydrogens is 344 g/mol. The average molecular weight is 369 g/mol. The van der Waals surface area contributed by atoms with Gasteiger partial charge in [0.1, 0.15) is 0 Å². The van der Waals surface area contributed by atoms with Crippen LogP contribution in [0.2, 0.25) is 0 Å². The Morgan fingerprint density at radius 3 is 2.65 bits per heavy atom. The minimum atomic E-state index is 0.644. The molecule has 0 atom stereocenters. The van der Waals surface area contributed by atoms with Crippen LogP contribution in [0.4, 0.5) is 5.69 Å². The number of nitrogens with one attached hydrogen (secondary N) is 1. The fraction of sp³-hybridized carbons (Fsp3) is 0.316. The zero-order valence-corrected chi connectivity index (χ0v) is 16.2. The summed E-state index contributed by atoms with van der Waals surface area (Å²) in [4.78, 5) is 1.97. The van der Waals surface area contributed by atoms with E-state index in [1.54, 1.807) is 6.20 Å². The summed E-state index contributed by atoms with van der Waals surface area (Å²) in [5, 5.41) is 12.8. The van der Waals surface area contributed by atoms with Crippen LogP contribution < -0.4 is 5.32 Å². The highest BCUT2D eigenvalue weighted by atomic mass is 32.1. The van der Waals surface area contributed by atoms with Gasteiger partial charge in [0, 0.05) is 26.0 Å². The van der Waals surface area contributed by atoms with E-state index in [9.17, 15) is 0 Å². The number of hydrogen-bond acceptors (Lipinski definition) is 3. The maximum absolute atomic E-state index is 5.49. The van der Waals surface area contributed by atoms with E-state index >= 15 is 0 Å². The van der Waals surface area contributed by atoms with E-state index in [0.29, 0.717) is 11.7 Å². The van der Waals surface area contributed by atoms with Gasteiger partial charge >= 0.3 is 0 Å². The van der Waals surface area contributed by atoms with Crippen LogP contribution in [0.1, 0.15) is 23.7 Å². The Kier molecular flexibility index (Phi) is 5.68. The Balaban J connectivity index is 1.55. The summed E-state index contributed by atoms with van der Waals surface area (Å²) < 4.78 is 3.81. The van der Waals surface area contributed by atoms with Crippen LogP contribution in [0.3, 0.4) is 0 Å². The fourth-order valence-corrected chi connectivity index (χ4v) is 2.78. The summed E-state index contributed by atoms with van der Waals surface area (Å²) in [5.74, 6) is 0. The summed E-state index contributed by atoms with van der Waals surface area (Å²) in [5.41, 5.74) is 4.35. The number of hydrogen-bond donors (Lipinski definition) is 1. The van der Waals surface area contributed by atoms with Gasteiger partial charge in [0.25, 0.3) is 0 Å². The Morgan fingerprint density at radius 1 is 1.19 bits per heavy atom. The molecule has 136 valence electrons. The molecule has 3 rings (SSSR count). The van der Waals surface area contributed by atoms with Crippen LogP contribution in [0.15, 0.2) is 48.9 Å². The molecule has 0 aliphatic carbocycles. The van der Waals surface area contributed by atoms with Crippen LogP contribution in [0.5, 0.6) is 0 Å². The van der Waals surface area contributed by atoms with E-state index in [4.69, 9.17) is 12.2 Å². The van der Waals surface area contributed by atoms with Gasteiger partial charge in [-0.2, -0.15) is 10.2 Å². The zero-order valence-electron chi connectivity index (χ0n) is 15.4. The van der Waals surface area contributed by atoms with Gasteiger partial charge < -0.3 is 10.2 Å². The maximum atomic E-state index is 5.49. The number of benzene rings is 1. The van der Waals surface area contributed by atoms with Crippen molar-refractivity contribution in [1.29, 1.82) is 0 Å². The van der Waals surface area contributed by atoms with E-state index < -0.39 is 0 Å². The SMILES string of the molecule is CCn1ccc(CN(C)C(=S)Nc2cnn(Cc3ccc(C)cc3)c2)n1. The van der Waals surface area contributed by atoms with Crippen LogP contribution in [-0.2, 0) is 19.6 Å². The number of thiocarbonyl (C=S) groups is 1. The van der Waals surface area contributed by atoms with E-state index in [1.165, 1.54) is 11.1 Å². The molecule has 0 amide bonds. The molecule has 0 fully saturated rings. The van der Waals surface area contributed by atoms with Crippen molar-refractivity contribution in [2.75, 3.05) is 12.4 Å². The van der Waals surface area contributed by atoms with Gasteiger partial charge in [-0.15, -0.1) is 0 Å². The smallest absolute Gasteiger partial charge is 0.173 e. The minimum Gasteiger partial charge on any atom is -0.346 e. The third kappa shape index (κ3) is 4.70. The van der Waals surface area contributed by atoms with Crippen molar-refractivity contribution in [2.24, 2.45) is 0 Å². The van der Waals surface area contributed by atoms with Crippen LogP contribution in [0.25, 0.3) is 0 Å². The van der Waals surface area contributed by atoms with Crippen molar-refractivity contribution in [2.45, 2.75) is 33.5 Å². The van der Waals surface area contributed by atoms with Gasteiger partial charge in [-0.1, -0.05) is 29.8 Å². The minimum absolute atomic E-state index is 0.644. The molecule has 6 nitrogen and oxygen atoms in total. The monoisotopic (exact) mass is 368 g/mol. The highest BCUT2D eigenvalue weighted by Gasteiger charge is 2.09. The highest BCUT2D eigenvalue weighted by molar-refractivity contribution is 7.80. The lowest BCUT2D eigenvalue weighted by molar-refractivity contribution is 0.492. The first kappa shape index (κ1) is 18.1. The highest BCUT2D eigenvalue weighted by Crippen LogP contribution is 2.11. The van der Waals surface area contributed by atoms with Gasteiger partial charge in [-0.25, -0.2) is 0 Å². The molecule has 0 saturated carbocycles. The molecule has 0 radical (unpaired) electrons. The number of aryl methyl sites for hydroxylation is 2. The quantitative estimate of drug-likeness (QED) is 0.677. The summed E-state index contributed by atoms with van der Waals surface area (Å²) in [6, 6.07) is 10.5. The third-order valence-corrected chi connectivity index (χ3v) is 4.53. The molecule has 2 aromatic heterocycles. The normalized spacial score (nSPS) is 10.7. The lowest BCUT2D eigenvalue weighted by atomic mass is 10.1. The summed E-state index contributed by atoms with van der Waals surface area (Å²) >= 11 is 5.49. The van der Waals surface area contributed by atoms with Crippen LogP contribution >= 0.6 is 12.2 Å². The predicted molar refractivity (Wildman–Crippen MR) is 108 cm³/mol. The predicted octanol–water partition coefficient (Wildman–Crippen LogP) is 3.29. The van der Waals surface area contributed by atoms with Crippen LogP contribution in [0, 0.1) is 6.92 Å². The fourth-order valence-electron chi connectivity index (χ4n) is 2.59. The summed E-state index contributed by atoms with van der Waals surface area (Å²) in [6.45, 7) is 6.42. The molecule has 0 aliphatic rings. The summed E-state index contributed by atoms with van der Waals surface area (Å²) in [7, 11) is 1.96. The molecule has 0 bridgehead atoms. The maximum Gasteiger partial charge on any atom is 0.173 e. The molecule has 0 unspecified atom stereocenters. The molecule has 7 heteroatoms. The second-order valence-corrected chi connectivity index (χ2v) is 6.75. The van der Waals surface area contributed by atoms with Crippen molar-refractivity contribution in [3.8, 4) is 0 Å². The number of rotatable bonds is 6. The Labute approximate surface area is 159 Å². The van der Waals surface area contributed by atoms with Gasteiger partial charge in [-0.3, -0.25) is 9.36 Å². The molecule has 0 spiro atoms. The second-order valence-electron chi connectivity index (χ2n) is 6.36. The summed E-state index contributed by atoms with van der Waals surface area (Å²) in [6.07, 6.45) is 5.74. The number of anilines is 1. The standard InChI is InChI=1S/C19H24N6S/c1-4-24-10-9-17(22-24)13-23(3)19(26)21-18-11-20-25(14-18)12-16-7-5-15(2)6-8-16/h5-11,14H,4,12-13H2,1-3H3,(H,21,26). The van der Waals surface area contributed by atoms with E-state index in [1.807, 2.05) is 39.8 Å². The Hall–Kier alpha value is -2.67. The van der Waals surface area contributed by atoms with Crippen molar-refractivity contribution >= 4 is 23.0 Å². The van der Waals surface area contributed by atoms with Crippen LogP contribution in [-0.4, -0.2) is 36.6 Å². The molecule has 1 aromatic carbocycles. The Morgan fingerprint density at radius 2 is 1.96 bits per heavy atom. The van der Waals surface area contributed by atoms with Gasteiger partial charge in [0.2, 0.25) is 0 Å². The zero-order chi connectivity index (χ0) is 18.5. The lowest BCUT2D eigenvalue weighted by Gasteiger charge is -2.19. The van der Waals surface area contributed by atoms with Crippen molar-refractivity contribution in [3.63, 3.8) is 0 Å². The van der Waals surface area contributed by atoms with Gasteiger partial charge in [0.15, 0.2) is 5.11 Å². The van der Waals surface area contributed by atoms with Gasteiger partial charge in [-0.05, 0) is 37.7 Å². The third-order valence-electron chi connectivity index (χ3n) is 4.12. The Bertz CT molecular complexity index is 864. The second kappa shape index (κ2) is 8.14. The molecule has 0 saturated heterocycles. The van der Waals surface area contributed by atoms with E-state index in [-0.39, 0.29) is 0 Å². The molecule has 2 heterocycles. The topological polar surface area (TPSA) is 50.9 Å². The van der Waals surface area contributed by atoms with Crippen molar-refractivity contribution in [3.05, 3.63) is 65.7 Å². The van der Waals surface area contributed by atoms with Crippen molar-refractivity contribution in [1.82, 2.24) is 24.5 Å². The molecule has 1 N–H and O–H groups in total.